The predicted molar refractivity (Wildman–Crippen MR) is 77.7 cm³/mol. The Bertz CT molecular complexity index is 618. The number of halogens is 2. The Morgan fingerprint density at radius 1 is 1.38 bits per heavy atom. The molecule has 1 saturated carbocycles. The van der Waals surface area contributed by atoms with Gasteiger partial charge in [-0.05, 0) is 43.9 Å². The maximum Gasteiger partial charge on any atom is 0.252 e. The van der Waals surface area contributed by atoms with Crippen molar-refractivity contribution in [3.05, 3.63) is 29.0 Å². The molecule has 1 aliphatic heterocycles. The van der Waals surface area contributed by atoms with Crippen molar-refractivity contribution in [3.8, 4) is 0 Å². The highest BCUT2D eigenvalue weighted by Crippen LogP contribution is 2.42. The number of benzene rings is 1. The number of amides is 2. The number of carbonyl (C=O) groups is 2. The molecule has 1 saturated heterocycles. The molecule has 1 N–H and O–H groups in total. The lowest BCUT2D eigenvalue weighted by molar-refractivity contribution is -0.130. The van der Waals surface area contributed by atoms with E-state index in [2.05, 4.69) is 5.32 Å². The zero-order chi connectivity index (χ0) is 15.2. The van der Waals surface area contributed by atoms with E-state index < -0.39 is 11.4 Å². The number of nitrogens with zero attached hydrogens (tertiary/aromatic N) is 1. The van der Waals surface area contributed by atoms with E-state index in [-0.39, 0.29) is 30.7 Å². The maximum atomic E-state index is 13.5. The van der Waals surface area contributed by atoms with E-state index >= 15 is 0 Å². The SMILES string of the molecule is CC1(C2CC2)NC(=O)CCN(c2cc(F)ccc2Cl)C1=O. The first-order valence-corrected chi connectivity index (χ1v) is 7.37. The molecule has 2 fully saturated rings. The number of hydrogen-bond acceptors (Lipinski definition) is 2. The molecule has 0 radical (unpaired) electrons. The molecule has 0 aromatic heterocycles. The van der Waals surface area contributed by atoms with E-state index in [1.807, 2.05) is 0 Å². The van der Waals surface area contributed by atoms with Gasteiger partial charge in [-0.15, -0.1) is 0 Å². The molecule has 1 unspecified atom stereocenters. The molecular formula is C15H16ClFN2O2. The first kappa shape index (κ1) is 14.3. The van der Waals surface area contributed by atoms with Crippen LogP contribution in [-0.4, -0.2) is 23.9 Å². The summed E-state index contributed by atoms with van der Waals surface area (Å²) in [7, 11) is 0. The first-order valence-electron chi connectivity index (χ1n) is 7.00. The van der Waals surface area contributed by atoms with Crippen LogP contribution in [-0.2, 0) is 9.59 Å². The second-order valence-electron chi connectivity index (χ2n) is 5.83. The van der Waals surface area contributed by atoms with Crippen molar-refractivity contribution in [2.75, 3.05) is 11.4 Å². The quantitative estimate of drug-likeness (QED) is 0.912. The van der Waals surface area contributed by atoms with Crippen molar-refractivity contribution in [2.24, 2.45) is 5.92 Å². The average molecular weight is 311 g/mol. The molecule has 21 heavy (non-hydrogen) atoms. The molecule has 6 heteroatoms. The number of anilines is 1. The van der Waals surface area contributed by atoms with Gasteiger partial charge in [-0.25, -0.2) is 4.39 Å². The second kappa shape index (κ2) is 4.98. The summed E-state index contributed by atoms with van der Waals surface area (Å²) >= 11 is 6.11. The van der Waals surface area contributed by atoms with Crippen LogP contribution in [0, 0.1) is 11.7 Å². The van der Waals surface area contributed by atoms with E-state index in [4.69, 9.17) is 11.6 Å². The van der Waals surface area contributed by atoms with Crippen LogP contribution in [0.2, 0.25) is 5.02 Å². The van der Waals surface area contributed by atoms with Crippen LogP contribution in [0.3, 0.4) is 0 Å². The van der Waals surface area contributed by atoms with Gasteiger partial charge in [0.2, 0.25) is 5.91 Å². The molecule has 1 aromatic rings. The summed E-state index contributed by atoms with van der Waals surface area (Å²) in [4.78, 5) is 26.2. The molecule has 1 atom stereocenters. The van der Waals surface area contributed by atoms with Crippen molar-refractivity contribution in [1.29, 1.82) is 0 Å². The second-order valence-corrected chi connectivity index (χ2v) is 6.23. The Kier molecular flexibility index (Phi) is 3.40. The maximum absolute atomic E-state index is 13.5. The molecular weight excluding hydrogens is 295 g/mol. The summed E-state index contributed by atoms with van der Waals surface area (Å²) in [6.07, 6.45) is 2.00. The third-order valence-corrected chi connectivity index (χ3v) is 4.56. The minimum Gasteiger partial charge on any atom is -0.342 e. The molecule has 1 aliphatic carbocycles. The minimum atomic E-state index is -0.927. The van der Waals surface area contributed by atoms with Crippen LogP contribution in [0.1, 0.15) is 26.2 Å². The smallest absolute Gasteiger partial charge is 0.252 e. The molecule has 2 amide bonds. The Morgan fingerprint density at radius 2 is 2.10 bits per heavy atom. The van der Waals surface area contributed by atoms with Crippen molar-refractivity contribution >= 4 is 29.1 Å². The van der Waals surface area contributed by atoms with Crippen molar-refractivity contribution in [2.45, 2.75) is 31.7 Å². The highest BCUT2D eigenvalue weighted by Gasteiger charge is 2.51. The van der Waals surface area contributed by atoms with Crippen LogP contribution in [0.15, 0.2) is 18.2 Å². The summed E-state index contributed by atoms with van der Waals surface area (Å²) in [5.74, 6) is -0.697. The molecule has 0 spiro atoms. The summed E-state index contributed by atoms with van der Waals surface area (Å²) in [5.41, 5.74) is -0.603. The van der Waals surface area contributed by atoms with E-state index in [0.717, 1.165) is 12.8 Å². The van der Waals surface area contributed by atoms with Gasteiger partial charge in [0, 0.05) is 13.0 Å². The minimum absolute atomic E-state index is 0.141. The van der Waals surface area contributed by atoms with Crippen LogP contribution >= 0.6 is 11.6 Å². The largest absolute Gasteiger partial charge is 0.342 e. The topological polar surface area (TPSA) is 49.4 Å². The van der Waals surface area contributed by atoms with E-state index in [1.54, 1.807) is 6.92 Å². The zero-order valence-corrected chi connectivity index (χ0v) is 12.4. The Labute approximate surface area is 127 Å². The summed E-state index contributed by atoms with van der Waals surface area (Å²) in [6, 6.07) is 3.91. The van der Waals surface area contributed by atoms with Crippen LogP contribution in [0.4, 0.5) is 10.1 Å². The van der Waals surface area contributed by atoms with Crippen LogP contribution < -0.4 is 10.2 Å². The fourth-order valence-electron chi connectivity index (χ4n) is 2.86. The van der Waals surface area contributed by atoms with Crippen molar-refractivity contribution in [1.82, 2.24) is 5.32 Å². The summed E-state index contributed by atoms with van der Waals surface area (Å²) in [5, 5.41) is 3.14. The Morgan fingerprint density at radius 3 is 2.76 bits per heavy atom. The van der Waals surface area contributed by atoms with E-state index in [0.29, 0.717) is 10.7 Å². The van der Waals surface area contributed by atoms with E-state index in [1.165, 1.54) is 23.1 Å². The third kappa shape index (κ3) is 2.50. The Balaban J connectivity index is 2.02. The van der Waals surface area contributed by atoms with Crippen molar-refractivity contribution in [3.63, 3.8) is 0 Å². The normalized spacial score (nSPS) is 26.5. The monoisotopic (exact) mass is 310 g/mol. The number of carbonyl (C=O) groups excluding carboxylic acids is 2. The third-order valence-electron chi connectivity index (χ3n) is 4.24. The first-order chi connectivity index (χ1) is 9.91. The van der Waals surface area contributed by atoms with Gasteiger partial charge < -0.3 is 10.2 Å². The number of hydrogen-bond donors (Lipinski definition) is 1. The summed E-state index contributed by atoms with van der Waals surface area (Å²) in [6.45, 7) is 1.95. The molecule has 1 heterocycles. The molecule has 112 valence electrons. The Hall–Kier alpha value is -1.62. The zero-order valence-electron chi connectivity index (χ0n) is 11.7. The lowest BCUT2D eigenvalue weighted by Gasteiger charge is -2.32. The standard InChI is InChI=1S/C15H16ClFN2O2/c1-15(9-2-3-9)14(21)19(7-6-13(20)18-15)12-8-10(17)4-5-11(12)16/h4-5,8-9H,2-3,6-7H2,1H3,(H,18,20). The molecule has 1 aromatic carbocycles. The lowest BCUT2D eigenvalue weighted by atomic mass is 9.94. The van der Waals surface area contributed by atoms with Gasteiger partial charge in [-0.1, -0.05) is 11.6 Å². The van der Waals surface area contributed by atoms with Crippen LogP contribution in [0.25, 0.3) is 0 Å². The highest BCUT2D eigenvalue weighted by molar-refractivity contribution is 6.34. The molecule has 4 nitrogen and oxygen atoms in total. The molecule has 3 rings (SSSR count). The van der Waals surface area contributed by atoms with Crippen molar-refractivity contribution < 1.29 is 14.0 Å². The van der Waals surface area contributed by atoms with Gasteiger partial charge >= 0.3 is 0 Å². The number of rotatable bonds is 2. The van der Waals surface area contributed by atoms with E-state index in [9.17, 15) is 14.0 Å². The van der Waals surface area contributed by atoms with Gasteiger partial charge in [0.25, 0.3) is 5.91 Å². The average Bonchev–Trinajstić information content (AvgIpc) is 3.26. The fraction of sp³-hybridized carbons (Fsp3) is 0.467. The fourth-order valence-corrected chi connectivity index (χ4v) is 3.08. The van der Waals surface area contributed by atoms with Crippen LogP contribution in [0.5, 0.6) is 0 Å². The molecule has 0 bridgehead atoms. The van der Waals surface area contributed by atoms with Gasteiger partial charge in [-0.2, -0.15) is 0 Å². The van der Waals surface area contributed by atoms with Gasteiger partial charge in [0.15, 0.2) is 0 Å². The van der Waals surface area contributed by atoms with Gasteiger partial charge in [0.1, 0.15) is 11.4 Å². The lowest BCUT2D eigenvalue weighted by Crippen LogP contribution is -2.57. The van der Waals surface area contributed by atoms with Gasteiger partial charge in [-0.3, -0.25) is 9.59 Å². The highest BCUT2D eigenvalue weighted by atomic mass is 35.5. The molecule has 2 aliphatic rings. The predicted octanol–water partition coefficient (Wildman–Crippen LogP) is 2.50. The number of nitrogens with one attached hydrogen (secondary N) is 1. The summed E-state index contributed by atoms with van der Waals surface area (Å²) < 4.78 is 13.5. The van der Waals surface area contributed by atoms with Gasteiger partial charge in [0.05, 0.1) is 10.7 Å².